The van der Waals surface area contributed by atoms with Gasteiger partial charge in [-0.15, -0.1) is 0 Å². The lowest BCUT2D eigenvalue weighted by Crippen LogP contribution is -2.38. The first-order chi connectivity index (χ1) is 13.6. The minimum atomic E-state index is -0.501. The van der Waals surface area contributed by atoms with Gasteiger partial charge in [-0.25, -0.2) is 4.79 Å². The van der Waals surface area contributed by atoms with Crippen LogP contribution in [0.1, 0.15) is 50.5 Å². The number of hydrogen-bond donors (Lipinski definition) is 2. The Morgan fingerprint density at radius 2 is 2.07 bits per heavy atom. The smallest absolute Gasteiger partial charge is 0.356 e. The van der Waals surface area contributed by atoms with Crippen molar-refractivity contribution in [1.29, 1.82) is 0 Å². The molecule has 1 amide bonds. The van der Waals surface area contributed by atoms with Crippen molar-refractivity contribution in [1.82, 2.24) is 9.88 Å². The van der Waals surface area contributed by atoms with Crippen LogP contribution in [0.25, 0.3) is 10.9 Å². The standard InChI is InChI=1S/C22H28BrN3O3/c1-21(2)8-14-9-22(3,11-21)12-26(14)10-17(27)25-18-15-7-13(23)5-6-16(15)24-19(18)20(28)29-4/h5-7,14,24H,8-12H2,1-4H3,(H,25,27). The van der Waals surface area contributed by atoms with E-state index in [0.29, 0.717) is 23.7 Å². The van der Waals surface area contributed by atoms with E-state index in [1.807, 2.05) is 18.2 Å². The molecule has 2 aliphatic rings. The topological polar surface area (TPSA) is 74.4 Å². The van der Waals surface area contributed by atoms with Crippen molar-refractivity contribution in [2.24, 2.45) is 10.8 Å². The van der Waals surface area contributed by atoms with Crippen LogP contribution in [0.4, 0.5) is 5.69 Å². The SMILES string of the molecule is COC(=O)c1[nH]c2ccc(Br)cc2c1NC(=O)CN1CC2(C)CC1CC(C)(C)C2. The van der Waals surface area contributed by atoms with Gasteiger partial charge in [-0.1, -0.05) is 36.7 Å². The van der Waals surface area contributed by atoms with Gasteiger partial charge in [0.25, 0.3) is 0 Å². The van der Waals surface area contributed by atoms with Crippen LogP contribution in [-0.2, 0) is 9.53 Å². The summed E-state index contributed by atoms with van der Waals surface area (Å²) in [6.07, 6.45) is 3.46. The van der Waals surface area contributed by atoms with Gasteiger partial charge in [0, 0.05) is 28.0 Å². The van der Waals surface area contributed by atoms with Gasteiger partial charge in [0.15, 0.2) is 0 Å². The number of methoxy groups -OCH3 is 1. The van der Waals surface area contributed by atoms with Crippen LogP contribution in [0.15, 0.2) is 22.7 Å². The van der Waals surface area contributed by atoms with Gasteiger partial charge in [-0.3, -0.25) is 9.69 Å². The number of rotatable bonds is 4. The van der Waals surface area contributed by atoms with Crippen molar-refractivity contribution in [2.45, 2.75) is 46.1 Å². The summed E-state index contributed by atoms with van der Waals surface area (Å²) in [4.78, 5) is 30.6. The summed E-state index contributed by atoms with van der Waals surface area (Å²) in [5.41, 5.74) is 2.10. The Kier molecular flexibility index (Phi) is 5.02. The van der Waals surface area contributed by atoms with Gasteiger partial charge < -0.3 is 15.0 Å². The molecule has 1 aliphatic heterocycles. The molecule has 2 unspecified atom stereocenters. The number of ether oxygens (including phenoxy) is 1. The highest BCUT2D eigenvalue weighted by Gasteiger charge is 2.49. The molecule has 6 nitrogen and oxygen atoms in total. The van der Waals surface area contributed by atoms with Crippen molar-refractivity contribution < 1.29 is 14.3 Å². The van der Waals surface area contributed by atoms with Crippen LogP contribution in [-0.4, -0.2) is 48.0 Å². The number of nitrogens with zero attached hydrogens (tertiary/aromatic N) is 1. The Labute approximate surface area is 179 Å². The fourth-order valence-electron chi connectivity index (χ4n) is 5.67. The molecule has 2 aromatic rings. The maximum absolute atomic E-state index is 13.0. The molecule has 2 bridgehead atoms. The van der Waals surface area contributed by atoms with Crippen LogP contribution in [0.3, 0.4) is 0 Å². The normalized spacial score (nSPS) is 25.9. The number of hydrogen-bond acceptors (Lipinski definition) is 4. The summed E-state index contributed by atoms with van der Waals surface area (Å²) >= 11 is 3.46. The van der Waals surface area contributed by atoms with Crippen LogP contribution in [0, 0.1) is 10.8 Å². The molecule has 0 spiro atoms. The highest BCUT2D eigenvalue weighted by Crippen LogP contribution is 2.52. The summed E-state index contributed by atoms with van der Waals surface area (Å²) in [6, 6.07) is 6.08. The third-order valence-corrected chi connectivity index (χ3v) is 6.78. The minimum absolute atomic E-state index is 0.106. The van der Waals surface area contributed by atoms with E-state index in [1.54, 1.807) is 0 Å². The van der Waals surface area contributed by atoms with E-state index in [2.05, 4.69) is 51.9 Å². The number of fused-ring (bicyclic) bond motifs is 3. The average Bonchev–Trinajstić information content (AvgIpc) is 3.07. The van der Waals surface area contributed by atoms with Crippen molar-refractivity contribution >= 4 is 44.4 Å². The number of likely N-dealkylation sites (tertiary alicyclic amines) is 1. The number of esters is 1. The van der Waals surface area contributed by atoms with E-state index in [4.69, 9.17) is 4.74 Å². The molecule has 156 valence electrons. The quantitative estimate of drug-likeness (QED) is 0.654. The Bertz CT molecular complexity index is 983. The predicted octanol–water partition coefficient (Wildman–Crippen LogP) is 4.56. The Balaban J connectivity index is 1.57. The van der Waals surface area contributed by atoms with Crippen LogP contribution < -0.4 is 5.32 Å². The monoisotopic (exact) mass is 461 g/mol. The summed E-state index contributed by atoms with van der Waals surface area (Å²) in [6.45, 7) is 8.27. The van der Waals surface area contributed by atoms with Crippen molar-refractivity contribution in [3.05, 3.63) is 28.4 Å². The zero-order valence-corrected chi connectivity index (χ0v) is 19.0. The number of H-pyrrole nitrogens is 1. The lowest BCUT2D eigenvalue weighted by Gasteiger charge is -2.39. The second-order valence-corrected chi connectivity index (χ2v) is 10.6. The number of benzene rings is 1. The number of carbonyl (C=O) groups is 2. The second kappa shape index (κ2) is 7.13. The minimum Gasteiger partial charge on any atom is -0.464 e. The highest BCUT2D eigenvalue weighted by atomic mass is 79.9. The van der Waals surface area contributed by atoms with E-state index in [1.165, 1.54) is 13.5 Å². The Morgan fingerprint density at radius 1 is 1.31 bits per heavy atom. The first kappa shape index (κ1) is 20.4. The van der Waals surface area contributed by atoms with Gasteiger partial charge in [0.2, 0.25) is 5.91 Å². The third-order valence-electron chi connectivity index (χ3n) is 6.28. The van der Waals surface area contributed by atoms with Crippen LogP contribution >= 0.6 is 15.9 Å². The first-order valence-electron chi connectivity index (χ1n) is 10.0. The molecule has 0 radical (unpaired) electrons. The number of aromatic nitrogens is 1. The van der Waals surface area contributed by atoms with E-state index >= 15 is 0 Å². The zero-order chi connectivity index (χ0) is 21.0. The molecule has 1 saturated carbocycles. The average molecular weight is 462 g/mol. The third kappa shape index (κ3) is 3.94. The molecule has 1 aromatic heterocycles. The molecule has 1 aliphatic carbocycles. The van der Waals surface area contributed by atoms with E-state index in [-0.39, 0.29) is 17.0 Å². The van der Waals surface area contributed by atoms with Crippen LogP contribution in [0.2, 0.25) is 0 Å². The maximum Gasteiger partial charge on any atom is 0.356 e. The molecular formula is C22H28BrN3O3. The van der Waals surface area contributed by atoms with E-state index in [9.17, 15) is 9.59 Å². The molecule has 7 heteroatoms. The largest absolute Gasteiger partial charge is 0.464 e. The Hall–Kier alpha value is -1.86. The maximum atomic E-state index is 13.0. The fraction of sp³-hybridized carbons (Fsp3) is 0.545. The number of halogens is 1. The number of amides is 1. The highest BCUT2D eigenvalue weighted by molar-refractivity contribution is 9.10. The zero-order valence-electron chi connectivity index (χ0n) is 17.4. The first-order valence-corrected chi connectivity index (χ1v) is 10.8. The lowest BCUT2D eigenvalue weighted by molar-refractivity contribution is -0.117. The molecule has 2 fully saturated rings. The number of aromatic amines is 1. The number of nitrogens with one attached hydrogen (secondary N) is 2. The van der Waals surface area contributed by atoms with Gasteiger partial charge in [-0.2, -0.15) is 0 Å². The van der Waals surface area contributed by atoms with Crippen LogP contribution in [0.5, 0.6) is 0 Å². The molecule has 2 heterocycles. The molecule has 2 atom stereocenters. The second-order valence-electron chi connectivity index (χ2n) is 9.72. The van der Waals surface area contributed by atoms with Gasteiger partial charge >= 0.3 is 5.97 Å². The molecular weight excluding hydrogens is 434 g/mol. The summed E-state index contributed by atoms with van der Waals surface area (Å²) < 4.78 is 5.78. The molecule has 1 aromatic carbocycles. The van der Waals surface area contributed by atoms with Crippen molar-refractivity contribution in [2.75, 3.05) is 25.5 Å². The molecule has 1 saturated heterocycles. The van der Waals surface area contributed by atoms with E-state index in [0.717, 1.165) is 34.8 Å². The van der Waals surface area contributed by atoms with E-state index < -0.39 is 5.97 Å². The van der Waals surface area contributed by atoms with Crippen molar-refractivity contribution in [3.63, 3.8) is 0 Å². The van der Waals surface area contributed by atoms with Gasteiger partial charge in [-0.05, 0) is 48.3 Å². The summed E-state index contributed by atoms with van der Waals surface area (Å²) in [7, 11) is 1.34. The molecule has 4 rings (SSSR count). The number of carbonyl (C=O) groups excluding carboxylic acids is 2. The predicted molar refractivity (Wildman–Crippen MR) is 117 cm³/mol. The lowest BCUT2D eigenvalue weighted by atomic mass is 9.65. The Morgan fingerprint density at radius 3 is 2.79 bits per heavy atom. The summed E-state index contributed by atoms with van der Waals surface area (Å²) in [5.74, 6) is -0.608. The molecule has 29 heavy (non-hydrogen) atoms. The van der Waals surface area contributed by atoms with Gasteiger partial charge in [0.05, 0.1) is 19.3 Å². The molecule has 2 N–H and O–H groups in total. The van der Waals surface area contributed by atoms with Crippen molar-refractivity contribution in [3.8, 4) is 0 Å². The number of anilines is 1. The summed E-state index contributed by atoms with van der Waals surface area (Å²) in [5, 5.41) is 3.76. The fourth-order valence-corrected chi connectivity index (χ4v) is 6.04. The van der Waals surface area contributed by atoms with Gasteiger partial charge in [0.1, 0.15) is 5.69 Å².